The van der Waals surface area contributed by atoms with Crippen LogP contribution in [-0.4, -0.2) is 78.9 Å². The van der Waals surface area contributed by atoms with E-state index in [2.05, 4.69) is 4.90 Å². The van der Waals surface area contributed by atoms with Crippen LogP contribution in [0.1, 0.15) is 6.42 Å². The van der Waals surface area contributed by atoms with Crippen LogP contribution in [0.2, 0.25) is 0 Å². The van der Waals surface area contributed by atoms with Gasteiger partial charge in [-0.3, -0.25) is 9.69 Å². The monoisotopic (exact) mass is 243 g/mol. The molecule has 0 spiro atoms. The predicted molar refractivity (Wildman–Crippen MR) is 62.5 cm³/mol. The van der Waals surface area contributed by atoms with Gasteiger partial charge in [0.15, 0.2) is 0 Å². The Labute approximate surface area is 101 Å². The molecule has 6 heteroatoms. The lowest BCUT2D eigenvalue weighted by molar-refractivity contribution is -0.138. The molecule has 0 bridgehead atoms. The predicted octanol–water partition coefficient (Wildman–Crippen LogP) is -1.76. The molecule has 2 rings (SSSR count). The minimum Gasteiger partial charge on any atom is -0.395 e. The van der Waals surface area contributed by atoms with Crippen molar-refractivity contribution in [1.29, 1.82) is 0 Å². The van der Waals surface area contributed by atoms with Crippen molar-refractivity contribution >= 4 is 5.91 Å². The lowest BCUT2D eigenvalue weighted by Crippen LogP contribution is -2.60. The summed E-state index contributed by atoms with van der Waals surface area (Å²) in [5.41, 5.74) is 5.25. The van der Waals surface area contributed by atoms with Crippen molar-refractivity contribution < 1.29 is 14.6 Å². The molecule has 6 nitrogen and oxygen atoms in total. The van der Waals surface area contributed by atoms with Gasteiger partial charge in [0.2, 0.25) is 5.91 Å². The Bertz CT molecular complexity index is 271. The molecule has 17 heavy (non-hydrogen) atoms. The molecule has 0 radical (unpaired) electrons. The van der Waals surface area contributed by atoms with Crippen LogP contribution in [0.25, 0.3) is 0 Å². The van der Waals surface area contributed by atoms with Gasteiger partial charge in [-0.15, -0.1) is 0 Å². The molecule has 1 atom stereocenters. The number of hydrogen-bond acceptors (Lipinski definition) is 5. The summed E-state index contributed by atoms with van der Waals surface area (Å²) < 4.78 is 5.22. The third kappa shape index (κ3) is 2.77. The van der Waals surface area contributed by atoms with Crippen molar-refractivity contribution in [2.24, 2.45) is 5.73 Å². The maximum Gasteiger partial charge on any atom is 0.245 e. The molecule has 0 aliphatic carbocycles. The van der Waals surface area contributed by atoms with E-state index in [0.717, 1.165) is 13.1 Å². The fourth-order valence-electron chi connectivity index (χ4n) is 2.38. The molecule has 2 heterocycles. The largest absolute Gasteiger partial charge is 0.395 e. The van der Waals surface area contributed by atoms with Crippen LogP contribution in [0, 0.1) is 0 Å². The number of aliphatic hydroxyl groups excluding tert-OH is 1. The fourth-order valence-corrected chi connectivity index (χ4v) is 2.38. The Morgan fingerprint density at radius 2 is 2.06 bits per heavy atom. The quantitative estimate of drug-likeness (QED) is 0.614. The maximum atomic E-state index is 12.2. The summed E-state index contributed by atoms with van der Waals surface area (Å²) >= 11 is 0. The summed E-state index contributed by atoms with van der Waals surface area (Å²) in [6, 6.07) is 0. The van der Waals surface area contributed by atoms with Crippen molar-refractivity contribution in [2.75, 3.05) is 52.5 Å². The van der Waals surface area contributed by atoms with E-state index in [1.54, 1.807) is 0 Å². The minimum atomic E-state index is -0.806. The first-order chi connectivity index (χ1) is 8.15. The number of ether oxygens (including phenoxy) is 1. The fraction of sp³-hybridized carbons (Fsp3) is 0.909. The Kier molecular flexibility index (Phi) is 3.98. The molecule has 0 aromatic carbocycles. The van der Waals surface area contributed by atoms with Gasteiger partial charge in [0, 0.05) is 39.3 Å². The second kappa shape index (κ2) is 5.30. The van der Waals surface area contributed by atoms with Gasteiger partial charge in [-0.05, 0) is 6.42 Å². The molecule has 0 aromatic rings. The summed E-state index contributed by atoms with van der Waals surface area (Å²) in [4.78, 5) is 16.2. The van der Waals surface area contributed by atoms with Crippen LogP contribution in [0.15, 0.2) is 0 Å². The highest BCUT2D eigenvalue weighted by molar-refractivity contribution is 5.86. The molecular formula is C11H21N3O3. The molecular weight excluding hydrogens is 222 g/mol. The molecule has 1 amide bonds. The highest BCUT2D eigenvalue weighted by atomic mass is 16.5. The zero-order valence-electron chi connectivity index (χ0n) is 10.1. The zero-order valence-corrected chi connectivity index (χ0v) is 10.1. The number of hydrogen-bond donors (Lipinski definition) is 2. The van der Waals surface area contributed by atoms with Gasteiger partial charge in [0.1, 0.15) is 5.54 Å². The van der Waals surface area contributed by atoms with Crippen molar-refractivity contribution in [3.8, 4) is 0 Å². The van der Waals surface area contributed by atoms with Crippen LogP contribution in [0.5, 0.6) is 0 Å². The van der Waals surface area contributed by atoms with Crippen LogP contribution in [0.3, 0.4) is 0 Å². The lowest BCUT2D eigenvalue weighted by atomic mass is 9.98. The van der Waals surface area contributed by atoms with E-state index in [1.807, 2.05) is 4.90 Å². The van der Waals surface area contributed by atoms with Gasteiger partial charge >= 0.3 is 0 Å². The van der Waals surface area contributed by atoms with Crippen LogP contribution < -0.4 is 5.73 Å². The Morgan fingerprint density at radius 3 is 2.59 bits per heavy atom. The number of nitrogens with two attached hydrogens (primary N) is 1. The molecule has 2 saturated heterocycles. The maximum absolute atomic E-state index is 12.2. The number of aliphatic hydroxyl groups is 1. The highest BCUT2D eigenvalue weighted by Crippen LogP contribution is 2.19. The summed E-state index contributed by atoms with van der Waals surface area (Å²) in [6.07, 6.45) is 0.614. The molecule has 0 saturated carbocycles. The topological polar surface area (TPSA) is 79.0 Å². The summed E-state index contributed by atoms with van der Waals surface area (Å²) in [5.74, 6) is 0.0126. The summed E-state index contributed by atoms with van der Waals surface area (Å²) in [7, 11) is 0. The third-order valence-electron chi connectivity index (χ3n) is 3.55. The van der Waals surface area contributed by atoms with E-state index in [0.29, 0.717) is 39.3 Å². The van der Waals surface area contributed by atoms with Gasteiger partial charge in [-0.25, -0.2) is 0 Å². The molecule has 0 aromatic heterocycles. The van der Waals surface area contributed by atoms with Gasteiger partial charge in [0.25, 0.3) is 0 Å². The van der Waals surface area contributed by atoms with E-state index in [4.69, 9.17) is 15.6 Å². The van der Waals surface area contributed by atoms with E-state index in [9.17, 15) is 4.79 Å². The minimum absolute atomic E-state index is 0.0126. The Balaban J connectivity index is 1.86. The second-order valence-corrected chi connectivity index (χ2v) is 4.82. The second-order valence-electron chi connectivity index (χ2n) is 4.82. The van der Waals surface area contributed by atoms with E-state index in [-0.39, 0.29) is 12.5 Å². The Hall–Kier alpha value is -0.690. The van der Waals surface area contributed by atoms with Crippen molar-refractivity contribution in [3.05, 3.63) is 0 Å². The first kappa shape index (κ1) is 12.8. The smallest absolute Gasteiger partial charge is 0.245 e. The summed E-state index contributed by atoms with van der Waals surface area (Å²) in [5, 5.41) is 8.85. The van der Waals surface area contributed by atoms with E-state index in [1.165, 1.54) is 0 Å². The van der Waals surface area contributed by atoms with E-state index < -0.39 is 5.54 Å². The zero-order chi connectivity index (χ0) is 12.3. The standard InChI is InChI=1S/C11H21N3O3/c12-11(1-8-17-9-11)10(16)14-4-2-13(3-5-14)6-7-15/h15H,1-9,12H2. The number of carbonyl (C=O) groups is 1. The van der Waals surface area contributed by atoms with Crippen LogP contribution in [0.4, 0.5) is 0 Å². The number of rotatable bonds is 3. The lowest BCUT2D eigenvalue weighted by Gasteiger charge is -2.37. The molecule has 1 unspecified atom stereocenters. The normalized spacial score (nSPS) is 30.8. The van der Waals surface area contributed by atoms with Gasteiger partial charge in [-0.2, -0.15) is 0 Å². The average molecular weight is 243 g/mol. The molecule has 2 aliphatic heterocycles. The van der Waals surface area contributed by atoms with Gasteiger partial charge in [-0.1, -0.05) is 0 Å². The number of carbonyl (C=O) groups excluding carboxylic acids is 1. The summed E-state index contributed by atoms with van der Waals surface area (Å²) in [6.45, 7) is 4.76. The number of β-amino-alcohol motifs (C(OH)–C–C–N with tert-alkyl or cyclic N) is 1. The molecule has 98 valence electrons. The molecule has 2 aliphatic rings. The van der Waals surface area contributed by atoms with Crippen LogP contribution in [-0.2, 0) is 9.53 Å². The van der Waals surface area contributed by atoms with E-state index >= 15 is 0 Å². The number of piperazine rings is 1. The Morgan fingerprint density at radius 1 is 1.35 bits per heavy atom. The average Bonchev–Trinajstić information content (AvgIpc) is 2.78. The number of amides is 1. The molecule has 3 N–H and O–H groups in total. The van der Waals surface area contributed by atoms with Gasteiger partial charge < -0.3 is 20.5 Å². The van der Waals surface area contributed by atoms with Gasteiger partial charge in [0.05, 0.1) is 13.2 Å². The van der Waals surface area contributed by atoms with Crippen molar-refractivity contribution in [2.45, 2.75) is 12.0 Å². The first-order valence-electron chi connectivity index (χ1n) is 6.15. The first-order valence-corrected chi connectivity index (χ1v) is 6.15. The highest BCUT2D eigenvalue weighted by Gasteiger charge is 2.41. The van der Waals surface area contributed by atoms with Crippen molar-refractivity contribution in [1.82, 2.24) is 9.80 Å². The molecule has 2 fully saturated rings. The SMILES string of the molecule is NC1(C(=O)N2CCN(CCO)CC2)CCOC1. The van der Waals surface area contributed by atoms with Crippen molar-refractivity contribution in [3.63, 3.8) is 0 Å². The van der Waals surface area contributed by atoms with Crippen LogP contribution >= 0.6 is 0 Å². The number of nitrogens with zero attached hydrogens (tertiary/aromatic N) is 2. The third-order valence-corrected chi connectivity index (χ3v) is 3.55.